The van der Waals surface area contributed by atoms with Gasteiger partial charge < -0.3 is 25.6 Å². The molecule has 0 bridgehead atoms. The Kier molecular flexibility index (Phi) is 8.25. The minimum atomic E-state index is -5.13. The molecule has 0 saturated carbocycles. The molecule has 13 heteroatoms. The highest BCUT2D eigenvalue weighted by atomic mass is 19.4. The largest absolute Gasteiger partial charge is 0.473 e. The van der Waals surface area contributed by atoms with Crippen molar-refractivity contribution >= 4 is 23.7 Å². The first kappa shape index (κ1) is 27.0. The lowest BCUT2D eigenvalue weighted by Crippen LogP contribution is -2.56. The zero-order chi connectivity index (χ0) is 27.3. The third-order valence-electron chi connectivity index (χ3n) is 6.52. The quantitative estimate of drug-likeness (QED) is 0.447. The fraction of sp³-hybridized carbons (Fsp3) is 0.400. The average Bonchev–Trinajstić information content (AvgIpc) is 3.42. The number of ether oxygens (including phenoxy) is 1. The second-order valence-corrected chi connectivity index (χ2v) is 9.00. The molecule has 0 spiro atoms. The number of hydrogen-bond acceptors (Lipinski definition) is 5. The maximum atomic E-state index is 13.3. The van der Waals surface area contributed by atoms with E-state index in [1.54, 1.807) is 17.3 Å². The SMILES string of the molecule is NC(=NC(=O)C(F)(F)F)c1ccc(C(=O)NCC2COCCN2C(=O)N2CCC(c3ccncc3)C2)cc1. The first-order valence-corrected chi connectivity index (χ1v) is 12.0. The number of aromatic nitrogens is 1. The van der Waals surface area contributed by atoms with Gasteiger partial charge in [-0.3, -0.25) is 14.6 Å². The highest BCUT2D eigenvalue weighted by molar-refractivity contribution is 6.05. The summed E-state index contributed by atoms with van der Waals surface area (Å²) in [5, 5.41) is 2.78. The minimum Gasteiger partial charge on any atom is -0.383 e. The summed E-state index contributed by atoms with van der Waals surface area (Å²) in [4.78, 5) is 47.4. The van der Waals surface area contributed by atoms with E-state index in [0.29, 0.717) is 26.2 Å². The topological polar surface area (TPSA) is 130 Å². The standard InChI is InChI=1S/C25H27F3N6O4/c26-25(27,28)23(36)32-21(29)17-1-3-18(4-2-17)22(35)31-13-20-15-38-12-11-34(20)24(37)33-10-7-19(14-33)16-5-8-30-9-6-16/h1-6,8-9,19-20H,7,10-15H2,(H,31,35)(H2,29,32,36). The van der Waals surface area contributed by atoms with E-state index in [-0.39, 0.29) is 42.3 Å². The van der Waals surface area contributed by atoms with Crippen molar-refractivity contribution in [2.45, 2.75) is 24.6 Å². The number of nitrogens with two attached hydrogens (primary N) is 1. The van der Waals surface area contributed by atoms with Crippen molar-refractivity contribution in [3.8, 4) is 0 Å². The van der Waals surface area contributed by atoms with Crippen LogP contribution in [0, 0.1) is 0 Å². The van der Waals surface area contributed by atoms with Crippen LogP contribution in [0.4, 0.5) is 18.0 Å². The third-order valence-corrected chi connectivity index (χ3v) is 6.52. The molecule has 4 amide bonds. The predicted molar refractivity (Wildman–Crippen MR) is 130 cm³/mol. The summed E-state index contributed by atoms with van der Waals surface area (Å²) in [6.07, 6.45) is -0.785. The molecule has 0 radical (unpaired) electrons. The number of likely N-dealkylation sites (tertiary alicyclic amines) is 1. The molecule has 2 atom stereocenters. The number of benzene rings is 1. The zero-order valence-corrected chi connectivity index (χ0v) is 20.4. The van der Waals surface area contributed by atoms with Gasteiger partial charge in [-0.05, 0) is 36.2 Å². The number of amidine groups is 1. The number of rotatable bonds is 5. The maximum absolute atomic E-state index is 13.3. The lowest BCUT2D eigenvalue weighted by molar-refractivity contribution is -0.169. The molecule has 202 valence electrons. The fourth-order valence-electron chi connectivity index (χ4n) is 4.44. The molecule has 1 aromatic carbocycles. The van der Waals surface area contributed by atoms with Gasteiger partial charge in [0.05, 0.1) is 19.3 Å². The van der Waals surface area contributed by atoms with Gasteiger partial charge in [-0.15, -0.1) is 0 Å². The molecule has 10 nitrogen and oxygen atoms in total. The number of carbonyl (C=O) groups is 3. The van der Waals surface area contributed by atoms with Crippen molar-refractivity contribution in [1.29, 1.82) is 0 Å². The number of aliphatic imine (C=N–C) groups is 1. The van der Waals surface area contributed by atoms with E-state index in [2.05, 4.69) is 15.3 Å². The summed E-state index contributed by atoms with van der Waals surface area (Å²) in [6, 6.07) is 8.76. The van der Waals surface area contributed by atoms with Crippen LogP contribution < -0.4 is 11.1 Å². The Balaban J connectivity index is 1.33. The van der Waals surface area contributed by atoms with Crippen molar-refractivity contribution in [1.82, 2.24) is 20.1 Å². The first-order chi connectivity index (χ1) is 18.1. The maximum Gasteiger partial charge on any atom is 0.473 e. The highest BCUT2D eigenvalue weighted by Crippen LogP contribution is 2.28. The molecular weight excluding hydrogens is 505 g/mol. The van der Waals surface area contributed by atoms with E-state index in [9.17, 15) is 27.6 Å². The van der Waals surface area contributed by atoms with Crippen LogP contribution in [0.1, 0.15) is 33.8 Å². The molecule has 2 aromatic rings. The Morgan fingerprint density at radius 2 is 1.76 bits per heavy atom. The van der Waals surface area contributed by atoms with Crippen molar-refractivity contribution in [2.75, 3.05) is 39.4 Å². The molecule has 2 unspecified atom stereocenters. The molecule has 2 saturated heterocycles. The average molecular weight is 533 g/mol. The van der Waals surface area contributed by atoms with Crippen molar-refractivity contribution in [3.05, 3.63) is 65.5 Å². The summed E-state index contributed by atoms with van der Waals surface area (Å²) >= 11 is 0. The van der Waals surface area contributed by atoms with Gasteiger partial charge in [-0.1, -0.05) is 12.1 Å². The van der Waals surface area contributed by atoms with Crippen LogP contribution >= 0.6 is 0 Å². The summed E-state index contributed by atoms with van der Waals surface area (Å²) < 4.78 is 42.7. The fourth-order valence-corrected chi connectivity index (χ4v) is 4.44. The van der Waals surface area contributed by atoms with Crippen molar-refractivity contribution < 1.29 is 32.3 Å². The number of alkyl halides is 3. The van der Waals surface area contributed by atoms with Gasteiger partial charge in [0.25, 0.3) is 5.91 Å². The Morgan fingerprint density at radius 1 is 1.08 bits per heavy atom. The lowest BCUT2D eigenvalue weighted by Gasteiger charge is -2.38. The zero-order valence-electron chi connectivity index (χ0n) is 20.4. The van der Waals surface area contributed by atoms with Crippen LogP contribution in [0.25, 0.3) is 0 Å². The van der Waals surface area contributed by atoms with E-state index in [0.717, 1.165) is 12.0 Å². The first-order valence-electron chi connectivity index (χ1n) is 12.0. The van der Waals surface area contributed by atoms with E-state index in [4.69, 9.17) is 10.5 Å². The Bertz CT molecular complexity index is 1190. The van der Waals surface area contributed by atoms with Crippen LogP contribution in [0.15, 0.2) is 53.8 Å². The van der Waals surface area contributed by atoms with Crippen LogP contribution in [0.2, 0.25) is 0 Å². The molecule has 2 fully saturated rings. The minimum absolute atomic E-state index is 0.0623. The van der Waals surface area contributed by atoms with Crippen molar-refractivity contribution in [3.63, 3.8) is 0 Å². The van der Waals surface area contributed by atoms with Gasteiger partial charge in [0.15, 0.2) is 0 Å². The smallest absolute Gasteiger partial charge is 0.383 e. The molecular formula is C25H27F3N6O4. The highest BCUT2D eigenvalue weighted by Gasteiger charge is 2.39. The van der Waals surface area contributed by atoms with Gasteiger partial charge in [0, 0.05) is 55.6 Å². The Labute approximate surface area is 216 Å². The lowest BCUT2D eigenvalue weighted by atomic mass is 10.00. The molecule has 2 aliphatic rings. The van der Waals surface area contributed by atoms with E-state index < -0.39 is 23.8 Å². The monoisotopic (exact) mass is 532 g/mol. The van der Waals surface area contributed by atoms with E-state index in [1.165, 1.54) is 24.3 Å². The molecule has 3 N–H and O–H groups in total. The summed E-state index contributed by atoms with van der Waals surface area (Å²) in [5.74, 6) is -3.13. The number of urea groups is 1. The van der Waals surface area contributed by atoms with Crippen LogP contribution in [0.3, 0.4) is 0 Å². The molecule has 4 rings (SSSR count). The number of halogens is 3. The summed E-state index contributed by atoms with van der Waals surface area (Å²) in [5.41, 5.74) is 6.91. The molecule has 3 heterocycles. The van der Waals surface area contributed by atoms with Crippen molar-refractivity contribution in [2.24, 2.45) is 10.7 Å². The number of hydrogen-bond donors (Lipinski definition) is 2. The number of nitrogens with zero attached hydrogens (tertiary/aromatic N) is 4. The van der Waals surface area contributed by atoms with E-state index >= 15 is 0 Å². The second-order valence-electron chi connectivity index (χ2n) is 9.00. The number of nitrogens with one attached hydrogen (secondary N) is 1. The Hall–Kier alpha value is -4.00. The number of carbonyl (C=O) groups excluding carboxylic acids is 3. The second kappa shape index (κ2) is 11.6. The molecule has 1 aromatic heterocycles. The predicted octanol–water partition coefficient (Wildman–Crippen LogP) is 1.92. The number of pyridine rings is 1. The molecule has 0 aliphatic carbocycles. The molecule has 38 heavy (non-hydrogen) atoms. The summed E-state index contributed by atoms with van der Waals surface area (Å²) in [6.45, 7) is 2.46. The number of morpholine rings is 1. The van der Waals surface area contributed by atoms with Crippen LogP contribution in [-0.4, -0.2) is 90.1 Å². The van der Waals surface area contributed by atoms with Gasteiger partial charge in [-0.25, -0.2) is 4.79 Å². The molecule has 2 aliphatic heterocycles. The third kappa shape index (κ3) is 6.46. The van der Waals surface area contributed by atoms with Gasteiger partial charge >= 0.3 is 18.1 Å². The normalized spacial score (nSPS) is 20.3. The van der Waals surface area contributed by atoms with Crippen LogP contribution in [0.5, 0.6) is 0 Å². The van der Waals surface area contributed by atoms with Gasteiger partial charge in [0.1, 0.15) is 5.84 Å². The number of amides is 4. The Morgan fingerprint density at radius 3 is 2.45 bits per heavy atom. The van der Waals surface area contributed by atoms with Gasteiger partial charge in [0.2, 0.25) is 0 Å². The van der Waals surface area contributed by atoms with Gasteiger partial charge in [-0.2, -0.15) is 18.2 Å². The van der Waals surface area contributed by atoms with Crippen LogP contribution in [-0.2, 0) is 9.53 Å². The summed E-state index contributed by atoms with van der Waals surface area (Å²) in [7, 11) is 0. The van der Waals surface area contributed by atoms with E-state index in [1.807, 2.05) is 17.0 Å².